The fourth-order valence-corrected chi connectivity index (χ4v) is 3.86. The fourth-order valence-electron chi connectivity index (χ4n) is 3.86. The van der Waals surface area contributed by atoms with Crippen molar-refractivity contribution in [2.75, 3.05) is 13.7 Å². The van der Waals surface area contributed by atoms with Crippen LogP contribution in [-0.2, 0) is 0 Å². The summed E-state index contributed by atoms with van der Waals surface area (Å²) >= 11 is 0. The summed E-state index contributed by atoms with van der Waals surface area (Å²) in [4.78, 5) is 14.3. The molecule has 2 aromatic carbocycles. The topological polar surface area (TPSA) is 78.3 Å². The molecule has 1 heterocycles. The largest absolute Gasteiger partial charge is 0.496 e. The van der Waals surface area contributed by atoms with Crippen LogP contribution in [-0.4, -0.2) is 40.7 Å². The van der Waals surface area contributed by atoms with Crippen LogP contribution in [0.4, 0.5) is 8.78 Å². The van der Waals surface area contributed by atoms with Crippen LogP contribution < -0.4 is 14.8 Å². The first-order chi connectivity index (χ1) is 15.1. The van der Waals surface area contributed by atoms with Gasteiger partial charge in [0.2, 0.25) is 0 Å². The summed E-state index contributed by atoms with van der Waals surface area (Å²) in [5.41, 5.74) is -0.0391. The van der Waals surface area contributed by atoms with Gasteiger partial charge in [0, 0.05) is 12.0 Å². The van der Waals surface area contributed by atoms with E-state index >= 15 is 0 Å². The second-order valence-electron chi connectivity index (χ2n) is 7.33. The van der Waals surface area contributed by atoms with E-state index < -0.39 is 11.7 Å². The van der Waals surface area contributed by atoms with Gasteiger partial charge >= 0.3 is 0 Å². The molecule has 0 unspecified atom stereocenters. The van der Waals surface area contributed by atoms with Gasteiger partial charge in [-0.15, -0.1) is 4.80 Å². The third-order valence-corrected chi connectivity index (χ3v) is 5.41. The zero-order valence-corrected chi connectivity index (χ0v) is 16.9. The number of hydrogen-bond donors (Lipinski definition) is 1. The molecule has 3 aromatic rings. The van der Waals surface area contributed by atoms with Crippen LogP contribution in [0.2, 0.25) is 0 Å². The SMILES string of the molecule is COc1ccc(F)c(-n2nccn2)c1C(=O)N[C@H]1CCC[C@@H]1COc1ccc(F)cc1. The predicted octanol–water partition coefficient (Wildman–Crippen LogP) is 3.53. The third-order valence-electron chi connectivity index (χ3n) is 5.41. The van der Waals surface area contributed by atoms with E-state index in [9.17, 15) is 13.6 Å². The number of carbonyl (C=O) groups is 1. The molecule has 1 aliphatic rings. The number of methoxy groups -OCH3 is 1. The Morgan fingerprint density at radius 1 is 1.13 bits per heavy atom. The van der Waals surface area contributed by atoms with Gasteiger partial charge < -0.3 is 14.8 Å². The molecule has 1 aliphatic carbocycles. The maximum atomic E-state index is 14.6. The van der Waals surface area contributed by atoms with Crippen LogP contribution in [0.15, 0.2) is 48.8 Å². The smallest absolute Gasteiger partial charge is 0.257 e. The molecule has 0 aliphatic heterocycles. The minimum atomic E-state index is -0.634. The number of amides is 1. The summed E-state index contributed by atoms with van der Waals surface area (Å²) in [5.74, 6) is -0.572. The van der Waals surface area contributed by atoms with Gasteiger partial charge in [-0.05, 0) is 49.2 Å². The highest BCUT2D eigenvalue weighted by molar-refractivity contribution is 6.00. The average molecular weight is 428 g/mol. The van der Waals surface area contributed by atoms with Crippen LogP contribution in [0.3, 0.4) is 0 Å². The quantitative estimate of drug-likeness (QED) is 0.623. The van der Waals surface area contributed by atoms with Crippen molar-refractivity contribution in [3.05, 3.63) is 66.0 Å². The van der Waals surface area contributed by atoms with Crippen LogP contribution in [0.1, 0.15) is 29.6 Å². The lowest BCUT2D eigenvalue weighted by Gasteiger charge is -2.22. The summed E-state index contributed by atoms with van der Waals surface area (Å²) in [6.45, 7) is 0.379. The normalized spacial score (nSPS) is 18.0. The molecule has 0 bridgehead atoms. The number of carbonyl (C=O) groups excluding carboxylic acids is 1. The maximum absolute atomic E-state index is 14.6. The molecule has 0 saturated heterocycles. The van der Waals surface area contributed by atoms with E-state index in [1.165, 1.54) is 43.8 Å². The molecule has 9 heteroatoms. The molecule has 1 fully saturated rings. The minimum Gasteiger partial charge on any atom is -0.496 e. The van der Waals surface area contributed by atoms with Crippen molar-refractivity contribution in [3.63, 3.8) is 0 Å². The number of hydrogen-bond acceptors (Lipinski definition) is 5. The molecular formula is C22H22F2N4O3. The Balaban J connectivity index is 1.52. The van der Waals surface area contributed by atoms with E-state index in [1.807, 2.05) is 0 Å². The molecule has 0 radical (unpaired) electrons. The second kappa shape index (κ2) is 9.11. The van der Waals surface area contributed by atoms with E-state index in [0.29, 0.717) is 12.4 Å². The van der Waals surface area contributed by atoms with Gasteiger partial charge in [0.05, 0.1) is 26.1 Å². The highest BCUT2D eigenvalue weighted by atomic mass is 19.1. The minimum absolute atomic E-state index is 0.0313. The van der Waals surface area contributed by atoms with Crippen molar-refractivity contribution in [2.24, 2.45) is 5.92 Å². The number of rotatable bonds is 7. The number of aromatic nitrogens is 3. The van der Waals surface area contributed by atoms with Crippen molar-refractivity contribution in [2.45, 2.75) is 25.3 Å². The van der Waals surface area contributed by atoms with Gasteiger partial charge in [-0.2, -0.15) is 10.2 Å². The second-order valence-corrected chi connectivity index (χ2v) is 7.33. The van der Waals surface area contributed by atoms with Crippen LogP contribution >= 0.6 is 0 Å². The van der Waals surface area contributed by atoms with Crippen molar-refractivity contribution in [3.8, 4) is 17.2 Å². The lowest BCUT2D eigenvalue weighted by molar-refractivity contribution is 0.0915. The first-order valence-corrected chi connectivity index (χ1v) is 9.99. The summed E-state index contributed by atoms with van der Waals surface area (Å²) in [6.07, 6.45) is 5.38. The van der Waals surface area contributed by atoms with Crippen LogP contribution in [0.25, 0.3) is 5.69 Å². The molecule has 7 nitrogen and oxygen atoms in total. The first-order valence-electron chi connectivity index (χ1n) is 9.99. The lowest BCUT2D eigenvalue weighted by atomic mass is 10.0. The zero-order chi connectivity index (χ0) is 21.8. The van der Waals surface area contributed by atoms with Gasteiger partial charge in [0.1, 0.15) is 28.6 Å². The van der Waals surface area contributed by atoms with Crippen LogP contribution in [0, 0.1) is 17.6 Å². The van der Waals surface area contributed by atoms with Gasteiger partial charge in [-0.3, -0.25) is 4.79 Å². The Labute approximate surface area is 178 Å². The zero-order valence-electron chi connectivity index (χ0n) is 16.9. The Morgan fingerprint density at radius 2 is 1.87 bits per heavy atom. The average Bonchev–Trinajstić information content (AvgIpc) is 3.45. The van der Waals surface area contributed by atoms with E-state index in [1.54, 1.807) is 12.1 Å². The van der Waals surface area contributed by atoms with Gasteiger partial charge in [0.25, 0.3) is 5.91 Å². The number of nitrogens with one attached hydrogen (secondary N) is 1. The fraction of sp³-hybridized carbons (Fsp3) is 0.318. The maximum Gasteiger partial charge on any atom is 0.257 e. The molecular weight excluding hydrogens is 406 g/mol. The Hall–Kier alpha value is -3.49. The number of nitrogens with zero attached hydrogens (tertiary/aromatic N) is 3. The van der Waals surface area contributed by atoms with Gasteiger partial charge in [0.15, 0.2) is 5.82 Å². The van der Waals surface area contributed by atoms with E-state index in [-0.39, 0.29) is 34.8 Å². The molecule has 1 saturated carbocycles. The number of halogens is 2. The van der Waals surface area contributed by atoms with Crippen LogP contribution in [0.5, 0.6) is 11.5 Å². The Kier molecular flexibility index (Phi) is 6.11. The standard InChI is InChI=1S/C22H22F2N4O3/c1-30-19-10-9-17(24)21(28-25-11-12-26-28)20(19)22(29)27-18-4-2-3-14(18)13-31-16-7-5-15(23)6-8-16/h5-12,14,18H,2-4,13H2,1H3,(H,27,29)/t14-,18+/m1/s1. The Morgan fingerprint density at radius 3 is 2.58 bits per heavy atom. The van der Waals surface area contributed by atoms with Gasteiger partial charge in [-0.25, -0.2) is 8.78 Å². The highest BCUT2D eigenvalue weighted by Gasteiger charge is 2.32. The van der Waals surface area contributed by atoms with E-state index in [2.05, 4.69) is 15.5 Å². The summed E-state index contributed by atoms with van der Waals surface area (Å²) < 4.78 is 38.8. The predicted molar refractivity (Wildman–Crippen MR) is 108 cm³/mol. The molecule has 2 atom stereocenters. The molecule has 0 spiro atoms. The van der Waals surface area contributed by atoms with E-state index in [0.717, 1.165) is 24.1 Å². The van der Waals surface area contributed by atoms with Crippen molar-refractivity contribution in [1.82, 2.24) is 20.3 Å². The monoisotopic (exact) mass is 428 g/mol. The molecule has 1 aromatic heterocycles. The number of ether oxygens (including phenoxy) is 2. The first kappa shape index (κ1) is 20.8. The molecule has 31 heavy (non-hydrogen) atoms. The van der Waals surface area contributed by atoms with Crippen molar-refractivity contribution in [1.29, 1.82) is 0 Å². The summed E-state index contributed by atoms with van der Waals surface area (Å²) in [6, 6.07) is 8.27. The molecule has 1 N–H and O–H groups in total. The summed E-state index contributed by atoms with van der Waals surface area (Å²) in [7, 11) is 1.42. The molecule has 162 valence electrons. The van der Waals surface area contributed by atoms with E-state index in [4.69, 9.17) is 9.47 Å². The highest BCUT2D eigenvalue weighted by Crippen LogP contribution is 2.30. The third kappa shape index (κ3) is 4.50. The van der Waals surface area contributed by atoms with Gasteiger partial charge in [-0.1, -0.05) is 6.42 Å². The Bertz CT molecular complexity index is 1040. The molecule has 4 rings (SSSR count). The van der Waals surface area contributed by atoms with Crippen molar-refractivity contribution < 1.29 is 23.0 Å². The summed E-state index contributed by atoms with van der Waals surface area (Å²) in [5, 5.41) is 10.9. The van der Waals surface area contributed by atoms with Crippen molar-refractivity contribution >= 4 is 5.91 Å². The number of benzene rings is 2. The lowest BCUT2D eigenvalue weighted by Crippen LogP contribution is -2.40. The molecule has 1 amide bonds.